The van der Waals surface area contributed by atoms with Crippen LogP contribution in [0.4, 0.5) is 0 Å². The van der Waals surface area contributed by atoms with Crippen molar-refractivity contribution in [1.82, 2.24) is 0 Å². The summed E-state index contributed by atoms with van der Waals surface area (Å²) in [6.45, 7) is 9.76. The normalized spacial score (nSPS) is 45.8. The molecule has 0 aromatic carbocycles. The second-order valence-corrected chi connectivity index (χ2v) is 8.99. The molecular weight excluding hydrogens is 308 g/mol. The lowest BCUT2D eigenvalue weighted by molar-refractivity contribution is -0.263. The highest BCUT2D eigenvalue weighted by molar-refractivity contribution is 5.81. The highest BCUT2D eigenvalue weighted by atomic mass is 16.6. The van der Waals surface area contributed by atoms with Gasteiger partial charge in [-0.1, -0.05) is 27.4 Å². The smallest absolute Gasteiger partial charge is 0.330 e. The van der Waals surface area contributed by atoms with Crippen LogP contribution < -0.4 is 0 Å². The molecule has 5 heteroatoms. The Morgan fingerprint density at radius 3 is 2.17 bits per heavy atom. The van der Waals surface area contributed by atoms with Crippen LogP contribution in [0.3, 0.4) is 0 Å². The van der Waals surface area contributed by atoms with E-state index in [-0.39, 0.29) is 35.9 Å². The van der Waals surface area contributed by atoms with E-state index in [0.29, 0.717) is 0 Å². The van der Waals surface area contributed by atoms with Crippen molar-refractivity contribution in [3.8, 4) is 0 Å². The van der Waals surface area contributed by atoms with Crippen LogP contribution in [0.25, 0.3) is 0 Å². The van der Waals surface area contributed by atoms with Gasteiger partial charge in [0.05, 0.1) is 11.0 Å². The molecule has 5 nitrogen and oxygen atoms in total. The van der Waals surface area contributed by atoms with E-state index >= 15 is 0 Å². The molecule has 4 aliphatic carbocycles. The maximum Gasteiger partial charge on any atom is 0.330 e. The Kier molecular flexibility index (Phi) is 3.87. The zero-order chi connectivity index (χ0) is 17.8. The Balaban J connectivity index is 1.75. The molecule has 0 aliphatic heterocycles. The van der Waals surface area contributed by atoms with E-state index in [4.69, 9.17) is 9.47 Å². The topological polar surface area (TPSA) is 72.8 Å². The standard InChI is InChI=1S/C19H28O5/c1-5-14(20)23-6-7-24-15(21)18-9-16(3)8-17(4,10-18)12-19(22,11-16)13(18)2/h5,13,22H,1,6-12H2,2-4H3. The zero-order valence-corrected chi connectivity index (χ0v) is 14.9. The van der Waals surface area contributed by atoms with E-state index in [1.807, 2.05) is 6.92 Å². The Bertz CT molecular complexity index is 562. The van der Waals surface area contributed by atoms with Crippen molar-refractivity contribution in [2.75, 3.05) is 13.2 Å². The Labute approximate surface area is 143 Å². The van der Waals surface area contributed by atoms with Gasteiger partial charge < -0.3 is 14.6 Å². The number of hydrogen-bond acceptors (Lipinski definition) is 5. The van der Waals surface area contributed by atoms with Gasteiger partial charge in [-0.3, -0.25) is 4.79 Å². The highest BCUT2D eigenvalue weighted by Gasteiger charge is 2.71. The Hall–Kier alpha value is -1.36. The van der Waals surface area contributed by atoms with Gasteiger partial charge >= 0.3 is 11.9 Å². The van der Waals surface area contributed by atoms with Gasteiger partial charge in [0.1, 0.15) is 13.2 Å². The summed E-state index contributed by atoms with van der Waals surface area (Å²) in [6, 6.07) is 0. The first-order valence-electron chi connectivity index (χ1n) is 8.75. The van der Waals surface area contributed by atoms with E-state index in [1.54, 1.807) is 0 Å². The van der Waals surface area contributed by atoms with E-state index < -0.39 is 17.0 Å². The molecule has 4 saturated carbocycles. The third-order valence-electron chi connectivity index (χ3n) is 6.57. The summed E-state index contributed by atoms with van der Waals surface area (Å²) in [4.78, 5) is 24.0. The maximum atomic E-state index is 13.0. The first kappa shape index (κ1) is 17.5. The van der Waals surface area contributed by atoms with Crippen molar-refractivity contribution in [1.29, 1.82) is 0 Å². The van der Waals surface area contributed by atoms with Crippen molar-refractivity contribution < 1.29 is 24.2 Å². The molecule has 0 amide bonds. The van der Waals surface area contributed by atoms with Crippen LogP contribution in [0.1, 0.15) is 52.9 Å². The molecule has 0 heterocycles. The molecule has 4 fully saturated rings. The summed E-state index contributed by atoms with van der Waals surface area (Å²) in [5, 5.41) is 11.2. The summed E-state index contributed by atoms with van der Waals surface area (Å²) in [5.74, 6) is -0.891. The summed E-state index contributed by atoms with van der Waals surface area (Å²) in [5.41, 5.74) is -1.44. The number of esters is 2. The monoisotopic (exact) mass is 336 g/mol. The molecule has 4 rings (SSSR count). The second-order valence-electron chi connectivity index (χ2n) is 8.99. The van der Waals surface area contributed by atoms with Crippen LogP contribution in [0.2, 0.25) is 0 Å². The number of rotatable bonds is 5. The fourth-order valence-electron chi connectivity index (χ4n) is 6.46. The van der Waals surface area contributed by atoms with Gasteiger partial charge in [0.25, 0.3) is 0 Å². The van der Waals surface area contributed by atoms with Gasteiger partial charge in [-0.15, -0.1) is 0 Å². The van der Waals surface area contributed by atoms with Crippen LogP contribution in [0, 0.1) is 22.2 Å². The van der Waals surface area contributed by atoms with Crippen molar-refractivity contribution >= 4 is 11.9 Å². The van der Waals surface area contributed by atoms with Crippen LogP contribution in [-0.2, 0) is 19.1 Å². The van der Waals surface area contributed by atoms with Gasteiger partial charge in [-0.25, -0.2) is 4.79 Å². The van der Waals surface area contributed by atoms with Crippen molar-refractivity contribution in [3.63, 3.8) is 0 Å². The quantitative estimate of drug-likeness (QED) is 0.475. The predicted octanol–water partition coefficient (Wildman–Crippen LogP) is 2.62. The minimum Gasteiger partial charge on any atom is -0.462 e. The van der Waals surface area contributed by atoms with Gasteiger partial charge in [0.15, 0.2) is 0 Å². The lowest BCUT2D eigenvalue weighted by atomic mass is 9.36. The first-order valence-corrected chi connectivity index (χ1v) is 8.75. The van der Waals surface area contributed by atoms with Crippen LogP contribution in [0.15, 0.2) is 12.7 Å². The average molecular weight is 336 g/mol. The third-order valence-corrected chi connectivity index (χ3v) is 6.57. The molecule has 0 radical (unpaired) electrons. The molecule has 0 aromatic heterocycles. The number of carbonyl (C=O) groups is 2. The molecule has 134 valence electrons. The highest BCUT2D eigenvalue weighted by Crippen LogP contribution is 2.72. The fourth-order valence-corrected chi connectivity index (χ4v) is 6.46. The van der Waals surface area contributed by atoms with Gasteiger partial charge in [0.2, 0.25) is 0 Å². The molecule has 24 heavy (non-hydrogen) atoms. The minimum atomic E-state index is -0.785. The van der Waals surface area contributed by atoms with E-state index in [2.05, 4.69) is 20.4 Å². The predicted molar refractivity (Wildman–Crippen MR) is 88.0 cm³/mol. The largest absolute Gasteiger partial charge is 0.462 e. The summed E-state index contributed by atoms with van der Waals surface area (Å²) in [7, 11) is 0. The SMILES string of the molecule is C=CC(=O)OCCOC(=O)C12CC3(C)CC(C)(CC(O)(C3)C1C)C2. The molecule has 3 atom stereocenters. The summed E-state index contributed by atoms with van der Waals surface area (Å²) in [6.07, 6.45) is 5.21. The average Bonchev–Trinajstić information content (AvgIpc) is 2.45. The Morgan fingerprint density at radius 2 is 1.62 bits per heavy atom. The summed E-state index contributed by atoms with van der Waals surface area (Å²) < 4.78 is 10.3. The molecule has 0 saturated heterocycles. The lowest BCUT2D eigenvalue weighted by Gasteiger charge is -2.69. The lowest BCUT2D eigenvalue weighted by Crippen LogP contribution is -2.69. The number of hydrogen-bond donors (Lipinski definition) is 1. The van der Waals surface area contributed by atoms with Crippen molar-refractivity contribution in [2.45, 2.75) is 58.5 Å². The van der Waals surface area contributed by atoms with E-state index in [9.17, 15) is 14.7 Å². The van der Waals surface area contributed by atoms with Gasteiger partial charge in [0, 0.05) is 12.0 Å². The zero-order valence-electron chi connectivity index (χ0n) is 14.9. The molecule has 4 bridgehead atoms. The number of carbonyl (C=O) groups excluding carboxylic acids is 2. The summed E-state index contributed by atoms with van der Waals surface area (Å²) >= 11 is 0. The first-order chi connectivity index (χ1) is 11.1. The Morgan fingerprint density at radius 1 is 1.08 bits per heavy atom. The molecule has 0 spiro atoms. The molecular formula is C19H28O5. The maximum absolute atomic E-state index is 13.0. The minimum absolute atomic E-state index is 0.0131. The number of ether oxygens (including phenoxy) is 2. The molecule has 0 aromatic rings. The van der Waals surface area contributed by atoms with Crippen LogP contribution in [0.5, 0.6) is 0 Å². The van der Waals surface area contributed by atoms with Gasteiger partial charge in [-0.05, 0) is 42.9 Å². The van der Waals surface area contributed by atoms with Crippen molar-refractivity contribution in [2.24, 2.45) is 22.2 Å². The van der Waals surface area contributed by atoms with Gasteiger partial charge in [-0.2, -0.15) is 0 Å². The molecule has 1 N–H and O–H groups in total. The van der Waals surface area contributed by atoms with E-state index in [0.717, 1.165) is 38.2 Å². The molecule has 4 aliphatic rings. The molecule has 3 unspecified atom stereocenters. The third kappa shape index (κ3) is 2.57. The fraction of sp³-hybridized carbons (Fsp3) is 0.789. The number of aliphatic hydroxyl groups is 1. The van der Waals surface area contributed by atoms with Crippen LogP contribution >= 0.6 is 0 Å². The second kappa shape index (κ2) is 5.32. The van der Waals surface area contributed by atoms with Crippen LogP contribution in [-0.4, -0.2) is 35.9 Å². The van der Waals surface area contributed by atoms with Crippen molar-refractivity contribution in [3.05, 3.63) is 12.7 Å². The van der Waals surface area contributed by atoms with E-state index in [1.165, 1.54) is 0 Å².